The normalized spacial score (nSPS) is 15.1. The largest absolute Gasteiger partial charge is 0.507 e. The molecule has 2 aromatic carbocycles. The number of aromatic hydroxyl groups is 1. The van der Waals surface area contributed by atoms with Gasteiger partial charge in [-0.1, -0.05) is 35.9 Å². The third kappa shape index (κ3) is 7.06. The first-order valence-corrected chi connectivity index (χ1v) is 11.8. The Balaban J connectivity index is 0.000000505. The first-order chi connectivity index (χ1) is 18.0. The summed E-state index contributed by atoms with van der Waals surface area (Å²) in [7, 11) is 0. The summed E-state index contributed by atoms with van der Waals surface area (Å²) in [5, 5.41) is 31.4. The van der Waals surface area contributed by atoms with Crippen LogP contribution in [0, 0.1) is 11.3 Å². The second-order valence-corrected chi connectivity index (χ2v) is 8.75. The van der Waals surface area contributed by atoms with Gasteiger partial charge in [-0.15, -0.1) is 0 Å². The lowest BCUT2D eigenvalue weighted by molar-refractivity contribution is -0.192. The molecular weight excluding hydrogens is 525 g/mol. The number of nitriles is 1. The first kappa shape index (κ1) is 28.6. The lowest BCUT2D eigenvalue weighted by atomic mass is 9.88. The molecule has 38 heavy (non-hydrogen) atoms. The summed E-state index contributed by atoms with van der Waals surface area (Å²) in [6.45, 7) is 1.97. The summed E-state index contributed by atoms with van der Waals surface area (Å²) in [6, 6.07) is 16.5. The Morgan fingerprint density at radius 1 is 1.26 bits per heavy atom. The van der Waals surface area contributed by atoms with E-state index in [1.165, 1.54) is 0 Å². The number of nitrogens with one attached hydrogen (secondary N) is 1. The Bertz CT molecular complexity index is 1340. The van der Waals surface area contributed by atoms with E-state index < -0.39 is 12.1 Å². The van der Waals surface area contributed by atoms with Crippen LogP contribution in [0.5, 0.6) is 11.5 Å². The average molecular weight is 549 g/mol. The average Bonchev–Trinajstić information content (AvgIpc) is 2.88. The van der Waals surface area contributed by atoms with E-state index in [1.807, 2.05) is 24.3 Å². The minimum atomic E-state index is -5.08. The van der Waals surface area contributed by atoms with Crippen molar-refractivity contribution in [2.75, 3.05) is 18.8 Å². The maximum absolute atomic E-state index is 10.7. The fraction of sp³-hybridized carbons (Fsp3) is 0.269. The van der Waals surface area contributed by atoms with Crippen molar-refractivity contribution in [3.63, 3.8) is 0 Å². The van der Waals surface area contributed by atoms with Gasteiger partial charge in [0.15, 0.2) is 0 Å². The van der Waals surface area contributed by atoms with E-state index in [2.05, 4.69) is 16.4 Å². The van der Waals surface area contributed by atoms with Crippen molar-refractivity contribution in [2.24, 2.45) is 0 Å². The molecule has 200 valence electrons. The molecular formula is C26H24ClF3N4O4. The van der Waals surface area contributed by atoms with Gasteiger partial charge in [0.2, 0.25) is 0 Å². The van der Waals surface area contributed by atoms with Crippen molar-refractivity contribution >= 4 is 23.4 Å². The van der Waals surface area contributed by atoms with Crippen LogP contribution < -0.4 is 15.8 Å². The van der Waals surface area contributed by atoms with E-state index in [1.54, 1.807) is 24.3 Å². The molecule has 12 heteroatoms. The van der Waals surface area contributed by atoms with Crippen LogP contribution in [-0.4, -0.2) is 40.4 Å². The second kappa shape index (κ2) is 12.5. The summed E-state index contributed by atoms with van der Waals surface area (Å²) in [6.07, 6.45) is -3.10. The highest BCUT2D eigenvalue weighted by atomic mass is 35.5. The number of aliphatic carboxylic acids is 1. The molecule has 0 saturated carbocycles. The number of anilines is 1. The molecule has 0 radical (unpaired) electrons. The van der Waals surface area contributed by atoms with Crippen LogP contribution in [-0.2, 0) is 11.4 Å². The molecule has 0 bridgehead atoms. The molecule has 1 unspecified atom stereocenters. The third-order valence-electron chi connectivity index (χ3n) is 5.77. The number of alkyl halides is 3. The standard InChI is InChI=1S/C24H23ClN4O2.C2HF3O2/c25-19-7-2-1-5-16(19)14-31-22-9-3-8-21(30)23(22)20-11-17(15-6-4-10-28-13-15)18(12-26)24(27)29-20;3-2(4,5)1(6)7/h1-3,5,7-9,11,15,28,30H,4,6,10,13-14H2,(H2,27,29);(H,6,7). The van der Waals surface area contributed by atoms with Gasteiger partial charge in [-0.3, -0.25) is 0 Å². The lowest BCUT2D eigenvalue weighted by Crippen LogP contribution is -2.29. The molecule has 0 amide bonds. The lowest BCUT2D eigenvalue weighted by Gasteiger charge is -2.25. The molecule has 0 spiro atoms. The summed E-state index contributed by atoms with van der Waals surface area (Å²) < 4.78 is 37.8. The number of carbonyl (C=O) groups is 1. The Morgan fingerprint density at radius 2 is 1.97 bits per heavy atom. The molecule has 1 fully saturated rings. The monoisotopic (exact) mass is 548 g/mol. The zero-order valence-electron chi connectivity index (χ0n) is 19.9. The molecule has 3 aromatic rings. The van der Waals surface area contributed by atoms with Gasteiger partial charge >= 0.3 is 12.1 Å². The summed E-state index contributed by atoms with van der Waals surface area (Å²) >= 11 is 6.24. The highest BCUT2D eigenvalue weighted by Gasteiger charge is 2.38. The molecule has 1 aromatic heterocycles. The van der Waals surface area contributed by atoms with Gasteiger partial charge in [-0.05, 0) is 55.1 Å². The van der Waals surface area contributed by atoms with E-state index in [-0.39, 0.29) is 24.1 Å². The second-order valence-electron chi connectivity index (χ2n) is 8.35. The number of phenolic OH excluding ortho intramolecular Hbond substituents is 1. The maximum Gasteiger partial charge on any atom is 0.490 e. The Kier molecular flexibility index (Phi) is 9.39. The van der Waals surface area contributed by atoms with Crippen LogP contribution in [0.25, 0.3) is 11.3 Å². The van der Waals surface area contributed by atoms with Crippen molar-refractivity contribution in [2.45, 2.75) is 31.5 Å². The van der Waals surface area contributed by atoms with E-state index in [4.69, 9.17) is 32.0 Å². The van der Waals surface area contributed by atoms with Crippen LogP contribution in [0.15, 0.2) is 48.5 Å². The Morgan fingerprint density at radius 3 is 2.58 bits per heavy atom. The molecule has 1 atom stereocenters. The van der Waals surface area contributed by atoms with Crippen LogP contribution in [0.2, 0.25) is 5.02 Å². The maximum atomic E-state index is 10.7. The highest BCUT2D eigenvalue weighted by Crippen LogP contribution is 2.40. The van der Waals surface area contributed by atoms with E-state index >= 15 is 0 Å². The van der Waals surface area contributed by atoms with Crippen LogP contribution in [0.4, 0.5) is 19.0 Å². The smallest absolute Gasteiger partial charge is 0.490 e. The number of phenols is 1. The molecule has 1 aliphatic rings. The number of carboxylic acid groups (broad SMARTS) is 1. The number of ether oxygens (including phenoxy) is 1. The zero-order chi connectivity index (χ0) is 27.9. The minimum absolute atomic E-state index is 0.0287. The summed E-state index contributed by atoms with van der Waals surface area (Å²) in [5.74, 6) is -1.95. The van der Waals surface area contributed by atoms with E-state index in [0.717, 1.165) is 37.1 Å². The summed E-state index contributed by atoms with van der Waals surface area (Å²) in [4.78, 5) is 13.3. The number of nitrogen functional groups attached to an aromatic ring is 1. The number of piperidine rings is 1. The molecule has 1 saturated heterocycles. The van der Waals surface area contributed by atoms with Gasteiger partial charge in [-0.2, -0.15) is 18.4 Å². The predicted molar refractivity (Wildman–Crippen MR) is 135 cm³/mol. The number of benzene rings is 2. The number of hydrogen-bond acceptors (Lipinski definition) is 7. The number of halogens is 4. The molecule has 5 N–H and O–H groups in total. The third-order valence-corrected chi connectivity index (χ3v) is 6.14. The number of nitrogens with zero attached hydrogens (tertiary/aromatic N) is 2. The van der Waals surface area contributed by atoms with Gasteiger partial charge in [0.25, 0.3) is 0 Å². The van der Waals surface area contributed by atoms with Crippen LogP contribution >= 0.6 is 11.6 Å². The number of rotatable bonds is 5. The number of aromatic nitrogens is 1. The quantitative estimate of drug-likeness (QED) is 0.339. The first-order valence-electron chi connectivity index (χ1n) is 11.4. The number of hydrogen-bond donors (Lipinski definition) is 4. The molecule has 0 aliphatic carbocycles. The van der Waals surface area contributed by atoms with Crippen molar-refractivity contribution in [3.05, 3.63) is 70.2 Å². The molecule has 1 aliphatic heterocycles. The molecule has 2 heterocycles. The number of carboxylic acids is 1. The SMILES string of the molecule is N#Cc1c(C2CCCNC2)cc(-c2c(O)cccc2OCc2ccccc2Cl)nc1N.O=C(O)C(F)(F)F. The summed E-state index contributed by atoms with van der Waals surface area (Å²) in [5.41, 5.74) is 9.16. The van der Waals surface area contributed by atoms with Crippen molar-refractivity contribution in [3.8, 4) is 28.8 Å². The van der Waals surface area contributed by atoms with Crippen molar-refractivity contribution < 1.29 is 32.9 Å². The Hall–Kier alpha value is -4.01. The van der Waals surface area contributed by atoms with Gasteiger partial charge in [0, 0.05) is 17.1 Å². The zero-order valence-corrected chi connectivity index (χ0v) is 20.7. The van der Waals surface area contributed by atoms with Crippen molar-refractivity contribution in [1.82, 2.24) is 10.3 Å². The molecule has 8 nitrogen and oxygen atoms in total. The van der Waals surface area contributed by atoms with E-state index in [0.29, 0.717) is 27.6 Å². The minimum Gasteiger partial charge on any atom is -0.507 e. The number of nitrogens with two attached hydrogens (primary N) is 1. The number of pyridine rings is 1. The van der Waals surface area contributed by atoms with E-state index in [9.17, 15) is 23.5 Å². The van der Waals surface area contributed by atoms with Gasteiger partial charge in [0.1, 0.15) is 30.0 Å². The van der Waals surface area contributed by atoms with Crippen LogP contribution in [0.1, 0.15) is 35.4 Å². The Labute approximate surface area is 221 Å². The van der Waals surface area contributed by atoms with Gasteiger partial charge < -0.3 is 26.0 Å². The van der Waals surface area contributed by atoms with Gasteiger partial charge in [0.05, 0.1) is 16.8 Å². The topological polar surface area (TPSA) is 141 Å². The highest BCUT2D eigenvalue weighted by molar-refractivity contribution is 6.31. The van der Waals surface area contributed by atoms with Crippen LogP contribution in [0.3, 0.4) is 0 Å². The van der Waals surface area contributed by atoms with Crippen molar-refractivity contribution in [1.29, 1.82) is 5.26 Å². The molecule has 4 rings (SSSR count). The fourth-order valence-corrected chi connectivity index (χ4v) is 4.13. The fourth-order valence-electron chi connectivity index (χ4n) is 3.94. The predicted octanol–water partition coefficient (Wildman–Crippen LogP) is 5.24. The van der Waals surface area contributed by atoms with Gasteiger partial charge in [-0.25, -0.2) is 9.78 Å².